The van der Waals surface area contributed by atoms with Gasteiger partial charge >= 0.3 is 0 Å². The Morgan fingerprint density at radius 1 is 1.31 bits per heavy atom. The first kappa shape index (κ1) is 10.7. The monoisotopic (exact) mass is 183 g/mol. The van der Waals surface area contributed by atoms with Crippen LogP contribution in [0.3, 0.4) is 0 Å². The van der Waals surface area contributed by atoms with E-state index >= 15 is 0 Å². The molecule has 0 unspecified atom stereocenters. The minimum Gasteiger partial charge on any atom is -0.319 e. The SMILES string of the molecule is CC(C)CC(=O)C1(N)CCCCC1. The van der Waals surface area contributed by atoms with E-state index in [1.54, 1.807) is 0 Å². The highest BCUT2D eigenvalue weighted by atomic mass is 16.1. The van der Waals surface area contributed by atoms with E-state index in [1.165, 1.54) is 6.42 Å². The summed E-state index contributed by atoms with van der Waals surface area (Å²) in [4.78, 5) is 11.8. The lowest BCUT2D eigenvalue weighted by Crippen LogP contribution is -2.49. The molecule has 0 aromatic carbocycles. The van der Waals surface area contributed by atoms with Crippen LogP contribution in [0.5, 0.6) is 0 Å². The molecule has 0 bridgehead atoms. The third-order valence-electron chi connectivity index (χ3n) is 2.89. The molecular weight excluding hydrogens is 162 g/mol. The third kappa shape index (κ3) is 2.80. The summed E-state index contributed by atoms with van der Waals surface area (Å²) in [5.41, 5.74) is 5.63. The summed E-state index contributed by atoms with van der Waals surface area (Å²) < 4.78 is 0. The molecule has 2 heteroatoms. The molecule has 0 amide bonds. The number of carbonyl (C=O) groups is 1. The predicted octanol–water partition coefficient (Wildman–Crippen LogP) is 2.26. The number of ketones is 1. The highest BCUT2D eigenvalue weighted by Gasteiger charge is 2.34. The molecule has 0 aromatic rings. The van der Waals surface area contributed by atoms with Crippen LogP contribution in [0.1, 0.15) is 52.4 Å². The Morgan fingerprint density at radius 2 is 1.85 bits per heavy atom. The normalized spacial score (nSPS) is 21.8. The predicted molar refractivity (Wildman–Crippen MR) is 54.5 cm³/mol. The molecular formula is C11H21NO. The van der Waals surface area contributed by atoms with Crippen molar-refractivity contribution in [3.63, 3.8) is 0 Å². The van der Waals surface area contributed by atoms with E-state index in [0.717, 1.165) is 25.7 Å². The van der Waals surface area contributed by atoms with Crippen molar-refractivity contribution in [2.24, 2.45) is 11.7 Å². The van der Waals surface area contributed by atoms with Gasteiger partial charge in [-0.2, -0.15) is 0 Å². The Kier molecular flexibility index (Phi) is 3.48. The van der Waals surface area contributed by atoms with Gasteiger partial charge in [0.15, 0.2) is 5.78 Å². The van der Waals surface area contributed by atoms with Gasteiger partial charge < -0.3 is 5.73 Å². The van der Waals surface area contributed by atoms with Crippen molar-refractivity contribution in [1.82, 2.24) is 0 Å². The summed E-state index contributed by atoms with van der Waals surface area (Å²) in [6, 6.07) is 0. The summed E-state index contributed by atoms with van der Waals surface area (Å²) in [7, 11) is 0. The molecule has 0 atom stereocenters. The Balaban J connectivity index is 2.51. The zero-order valence-corrected chi connectivity index (χ0v) is 8.81. The first-order chi connectivity index (χ1) is 6.04. The maximum absolute atomic E-state index is 11.8. The Labute approximate surface area is 80.9 Å². The largest absolute Gasteiger partial charge is 0.319 e. The lowest BCUT2D eigenvalue weighted by molar-refractivity contribution is -0.126. The number of Topliss-reactive ketones (excluding diaryl/α,β-unsaturated/α-hetero) is 1. The molecule has 0 aliphatic heterocycles. The number of carbonyl (C=O) groups excluding carboxylic acids is 1. The fourth-order valence-corrected chi connectivity index (χ4v) is 2.04. The van der Waals surface area contributed by atoms with Crippen LogP contribution in [0.2, 0.25) is 0 Å². The van der Waals surface area contributed by atoms with Crippen LogP contribution in [-0.4, -0.2) is 11.3 Å². The Bertz CT molecular complexity index is 181. The minimum absolute atomic E-state index is 0.280. The van der Waals surface area contributed by atoms with Crippen LogP contribution in [0.4, 0.5) is 0 Å². The zero-order chi connectivity index (χ0) is 9.90. The lowest BCUT2D eigenvalue weighted by atomic mass is 9.77. The maximum atomic E-state index is 11.8. The lowest BCUT2D eigenvalue weighted by Gasteiger charge is -2.32. The number of nitrogens with two attached hydrogens (primary N) is 1. The average Bonchev–Trinajstić information content (AvgIpc) is 2.04. The molecule has 0 heterocycles. The third-order valence-corrected chi connectivity index (χ3v) is 2.89. The minimum atomic E-state index is -0.470. The van der Waals surface area contributed by atoms with Crippen molar-refractivity contribution < 1.29 is 4.79 Å². The summed E-state index contributed by atoms with van der Waals surface area (Å²) in [6.07, 6.45) is 5.95. The van der Waals surface area contributed by atoms with E-state index in [1.807, 2.05) is 0 Å². The van der Waals surface area contributed by atoms with E-state index in [9.17, 15) is 4.79 Å². The average molecular weight is 183 g/mol. The molecule has 1 rings (SSSR count). The van der Waals surface area contributed by atoms with E-state index in [4.69, 9.17) is 5.73 Å². The van der Waals surface area contributed by atoms with E-state index in [0.29, 0.717) is 12.3 Å². The molecule has 1 aliphatic rings. The van der Waals surface area contributed by atoms with Gasteiger partial charge in [-0.25, -0.2) is 0 Å². The molecule has 0 saturated heterocycles. The van der Waals surface area contributed by atoms with Crippen LogP contribution in [0.25, 0.3) is 0 Å². The van der Waals surface area contributed by atoms with Crippen molar-refractivity contribution in [3.05, 3.63) is 0 Å². The van der Waals surface area contributed by atoms with E-state index < -0.39 is 5.54 Å². The molecule has 0 aromatic heterocycles. The van der Waals surface area contributed by atoms with Gasteiger partial charge in [0.2, 0.25) is 0 Å². The quantitative estimate of drug-likeness (QED) is 0.729. The van der Waals surface area contributed by atoms with Gasteiger partial charge in [-0.1, -0.05) is 33.1 Å². The highest BCUT2D eigenvalue weighted by molar-refractivity contribution is 5.88. The van der Waals surface area contributed by atoms with Crippen LogP contribution in [0.15, 0.2) is 0 Å². The number of hydrogen-bond donors (Lipinski definition) is 1. The van der Waals surface area contributed by atoms with Crippen LogP contribution in [-0.2, 0) is 4.79 Å². The van der Waals surface area contributed by atoms with Crippen LogP contribution in [0, 0.1) is 5.92 Å². The first-order valence-corrected chi connectivity index (χ1v) is 5.37. The second-order valence-corrected chi connectivity index (χ2v) is 4.74. The molecule has 1 fully saturated rings. The molecule has 1 saturated carbocycles. The van der Waals surface area contributed by atoms with E-state index in [-0.39, 0.29) is 5.78 Å². The topological polar surface area (TPSA) is 43.1 Å². The van der Waals surface area contributed by atoms with Gasteiger partial charge in [-0.15, -0.1) is 0 Å². The molecule has 1 aliphatic carbocycles. The van der Waals surface area contributed by atoms with Gasteiger partial charge in [0, 0.05) is 6.42 Å². The van der Waals surface area contributed by atoms with Gasteiger partial charge in [-0.05, 0) is 18.8 Å². The standard InChI is InChI=1S/C11H21NO/c1-9(2)8-10(13)11(12)6-4-3-5-7-11/h9H,3-8,12H2,1-2H3. The van der Waals surface area contributed by atoms with Crippen LogP contribution < -0.4 is 5.73 Å². The van der Waals surface area contributed by atoms with Crippen molar-refractivity contribution in [3.8, 4) is 0 Å². The molecule has 2 nitrogen and oxygen atoms in total. The second kappa shape index (κ2) is 4.23. The van der Waals surface area contributed by atoms with Crippen molar-refractivity contribution >= 4 is 5.78 Å². The van der Waals surface area contributed by atoms with Gasteiger partial charge in [0.1, 0.15) is 0 Å². The maximum Gasteiger partial charge on any atom is 0.152 e. The fraction of sp³-hybridized carbons (Fsp3) is 0.909. The van der Waals surface area contributed by atoms with Gasteiger partial charge in [-0.3, -0.25) is 4.79 Å². The molecule has 13 heavy (non-hydrogen) atoms. The molecule has 0 spiro atoms. The van der Waals surface area contributed by atoms with Crippen LogP contribution >= 0.6 is 0 Å². The fourth-order valence-electron chi connectivity index (χ4n) is 2.04. The zero-order valence-electron chi connectivity index (χ0n) is 8.81. The van der Waals surface area contributed by atoms with E-state index in [2.05, 4.69) is 13.8 Å². The summed E-state index contributed by atoms with van der Waals surface area (Å²) in [6.45, 7) is 4.15. The summed E-state index contributed by atoms with van der Waals surface area (Å²) in [5, 5.41) is 0. The van der Waals surface area contributed by atoms with Crippen molar-refractivity contribution in [2.75, 3.05) is 0 Å². The smallest absolute Gasteiger partial charge is 0.152 e. The van der Waals surface area contributed by atoms with Gasteiger partial charge in [0.25, 0.3) is 0 Å². The van der Waals surface area contributed by atoms with Gasteiger partial charge in [0.05, 0.1) is 5.54 Å². The molecule has 76 valence electrons. The Morgan fingerprint density at radius 3 is 2.31 bits per heavy atom. The van der Waals surface area contributed by atoms with Crippen molar-refractivity contribution in [1.29, 1.82) is 0 Å². The summed E-state index contributed by atoms with van der Waals surface area (Å²) in [5.74, 6) is 0.719. The summed E-state index contributed by atoms with van der Waals surface area (Å²) >= 11 is 0. The number of hydrogen-bond acceptors (Lipinski definition) is 2. The first-order valence-electron chi connectivity index (χ1n) is 5.37. The number of rotatable bonds is 3. The second-order valence-electron chi connectivity index (χ2n) is 4.74. The Hall–Kier alpha value is -0.370. The molecule has 2 N–H and O–H groups in total. The molecule has 0 radical (unpaired) electrons. The van der Waals surface area contributed by atoms with Crippen molar-refractivity contribution in [2.45, 2.75) is 57.9 Å². The highest BCUT2D eigenvalue weighted by Crippen LogP contribution is 2.28.